The van der Waals surface area contributed by atoms with E-state index in [1.807, 2.05) is 14.1 Å². The van der Waals surface area contributed by atoms with Gasteiger partial charge in [0.1, 0.15) is 0 Å². The highest BCUT2D eigenvalue weighted by molar-refractivity contribution is 14.1. The van der Waals surface area contributed by atoms with E-state index in [2.05, 4.69) is 52.2 Å². The van der Waals surface area contributed by atoms with Crippen molar-refractivity contribution in [2.75, 3.05) is 14.1 Å². The fourth-order valence-corrected chi connectivity index (χ4v) is 1.86. The summed E-state index contributed by atoms with van der Waals surface area (Å²) in [7, 11) is 3.75. The molecule has 0 spiro atoms. The van der Waals surface area contributed by atoms with Crippen molar-refractivity contribution in [2.45, 2.75) is 3.92 Å². The molecule has 0 saturated carbocycles. The van der Waals surface area contributed by atoms with Gasteiger partial charge in [-0.3, -0.25) is 0 Å². The van der Waals surface area contributed by atoms with E-state index in [0.717, 1.165) is 0 Å². The molecule has 0 saturated heterocycles. The summed E-state index contributed by atoms with van der Waals surface area (Å²) in [6.45, 7) is 0. The molecule has 0 aromatic carbocycles. The molecule has 1 nitrogen and oxygen atoms in total. The number of halogens is 1. The monoisotopic (exact) mass is 261 g/mol. The van der Waals surface area contributed by atoms with Crippen LogP contribution in [-0.2, 0) is 0 Å². The number of hydrogen-bond acceptors (Lipinski definition) is 1. The molecule has 0 amide bonds. The van der Waals surface area contributed by atoms with Crippen molar-refractivity contribution >= 4 is 22.6 Å². The zero-order valence-electron chi connectivity index (χ0n) is 6.76. The number of nitrogens with one attached hydrogen (secondary N) is 1. The minimum Gasteiger partial charge on any atom is -0.323 e. The number of hydrogen-bond donors (Lipinski definition) is 1. The number of alkyl halides is 1. The number of fused-ring (bicyclic) bond motifs is 2. The second-order valence-corrected chi connectivity index (χ2v) is 3.77. The van der Waals surface area contributed by atoms with Crippen molar-refractivity contribution in [1.82, 2.24) is 5.32 Å². The van der Waals surface area contributed by atoms with Gasteiger partial charge in [0, 0.05) is 0 Å². The smallest absolute Gasteiger partial charge is 0.0608 e. The third-order valence-corrected chi connectivity index (χ3v) is 2.96. The molecule has 0 aliphatic heterocycles. The summed E-state index contributed by atoms with van der Waals surface area (Å²) in [4.78, 5) is 0. The van der Waals surface area contributed by atoms with Crippen LogP contribution in [-0.4, -0.2) is 18.0 Å². The Morgan fingerprint density at radius 1 is 1.18 bits per heavy atom. The van der Waals surface area contributed by atoms with Crippen molar-refractivity contribution in [2.24, 2.45) is 0 Å². The minimum atomic E-state index is 0.674. The quantitative estimate of drug-likeness (QED) is 0.520. The van der Waals surface area contributed by atoms with E-state index in [1.54, 1.807) is 0 Å². The Kier molecular flexibility index (Phi) is 3.33. The maximum Gasteiger partial charge on any atom is 0.0608 e. The fourth-order valence-electron chi connectivity index (χ4n) is 1.03. The average molecular weight is 261 g/mol. The van der Waals surface area contributed by atoms with Crippen LogP contribution in [0, 0.1) is 0 Å². The van der Waals surface area contributed by atoms with Crippen LogP contribution in [0.5, 0.6) is 0 Å². The van der Waals surface area contributed by atoms with Crippen LogP contribution in [0.25, 0.3) is 0 Å². The van der Waals surface area contributed by atoms with Gasteiger partial charge in [0.2, 0.25) is 0 Å². The van der Waals surface area contributed by atoms with Gasteiger partial charge in [-0.2, -0.15) is 0 Å². The summed E-state index contributed by atoms with van der Waals surface area (Å²) < 4.78 is 0.674. The molecule has 2 aliphatic rings. The molecule has 11 heavy (non-hydrogen) atoms. The second-order valence-electron chi connectivity index (χ2n) is 2.53. The molecule has 0 fully saturated rings. The van der Waals surface area contributed by atoms with Crippen LogP contribution in [0.4, 0.5) is 0 Å². The molecule has 0 unspecified atom stereocenters. The first-order chi connectivity index (χ1) is 5.29. The number of rotatable bonds is 0. The van der Waals surface area contributed by atoms with Gasteiger partial charge in [-0.05, 0) is 25.2 Å². The van der Waals surface area contributed by atoms with Crippen molar-refractivity contribution < 1.29 is 0 Å². The third-order valence-electron chi connectivity index (χ3n) is 1.52. The van der Waals surface area contributed by atoms with Crippen LogP contribution < -0.4 is 5.32 Å². The standard InChI is InChI=1S/C7H5I.C2H7N/c8-7-5-1-2-6(7)4-3-5;1-3-2/h1-4,7H;3H,1-2H3. The third kappa shape index (κ3) is 1.93. The van der Waals surface area contributed by atoms with Crippen molar-refractivity contribution in [3.63, 3.8) is 0 Å². The van der Waals surface area contributed by atoms with E-state index in [-0.39, 0.29) is 0 Å². The van der Waals surface area contributed by atoms with Gasteiger partial charge in [-0.15, -0.1) is 0 Å². The maximum absolute atomic E-state index is 2.75. The van der Waals surface area contributed by atoms with Gasteiger partial charge in [-0.25, -0.2) is 0 Å². The van der Waals surface area contributed by atoms with Crippen LogP contribution in [0.2, 0.25) is 0 Å². The molecule has 0 aromatic heterocycles. The Morgan fingerprint density at radius 3 is 1.64 bits per heavy atom. The molecule has 0 heterocycles. The van der Waals surface area contributed by atoms with E-state index in [9.17, 15) is 0 Å². The van der Waals surface area contributed by atoms with Gasteiger partial charge in [-0.1, -0.05) is 46.9 Å². The Morgan fingerprint density at radius 2 is 1.55 bits per heavy atom. The molecule has 2 heteroatoms. The summed E-state index contributed by atoms with van der Waals surface area (Å²) >= 11 is 2.45. The van der Waals surface area contributed by atoms with E-state index in [1.165, 1.54) is 11.1 Å². The van der Waals surface area contributed by atoms with Gasteiger partial charge < -0.3 is 5.32 Å². The molecular formula is C9H12IN. The largest absolute Gasteiger partial charge is 0.323 e. The summed E-state index contributed by atoms with van der Waals surface area (Å²) in [5.41, 5.74) is 2.92. The van der Waals surface area contributed by atoms with Crippen LogP contribution in [0.3, 0.4) is 0 Å². The van der Waals surface area contributed by atoms with Gasteiger partial charge in [0.15, 0.2) is 0 Å². The topological polar surface area (TPSA) is 12.0 Å². The maximum atomic E-state index is 2.75. The van der Waals surface area contributed by atoms with Crippen LogP contribution in [0.1, 0.15) is 0 Å². The first-order valence-electron chi connectivity index (χ1n) is 3.62. The summed E-state index contributed by atoms with van der Waals surface area (Å²) in [5, 5.41) is 2.75. The van der Waals surface area contributed by atoms with Crippen molar-refractivity contribution in [3.05, 3.63) is 35.5 Å². The lowest BCUT2D eigenvalue weighted by Gasteiger charge is -1.95. The predicted molar refractivity (Wildman–Crippen MR) is 58.1 cm³/mol. The van der Waals surface area contributed by atoms with Crippen LogP contribution in [0.15, 0.2) is 35.5 Å². The minimum absolute atomic E-state index is 0.674. The number of allylic oxidation sites excluding steroid dienone is 6. The fraction of sp³-hybridized carbons (Fsp3) is 0.333. The summed E-state index contributed by atoms with van der Waals surface area (Å²) in [6.07, 6.45) is 8.75. The molecule has 60 valence electrons. The lowest BCUT2D eigenvalue weighted by molar-refractivity contribution is 1.02. The molecular weight excluding hydrogens is 249 g/mol. The van der Waals surface area contributed by atoms with Gasteiger partial charge in [0.25, 0.3) is 0 Å². The van der Waals surface area contributed by atoms with E-state index >= 15 is 0 Å². The lowest BCUT2D eigenvalue weighted by atomic mass is 10.3. The first-order valence-corrected chi connectivity index (χ1v) is 4.86. The van der Waals surface area contributed by atoms with Gasteiger partial charge >= 0.3 is 0 Å². The zero-order chi connectivity index (χ0) is 8.27. The Balaban J connectivity index is 0.000000179. The Bertz CT molecular complexity index is 204. The predicted octanol–water partition coefficient (Wildman–Crippen LogP) is 2.06. The summed E-state index contributed by atoms with van der Waals surface area (Å²) in [5.74, 6) is 0. The highest BCUT2D eigenvalue weighted by Crippen LogP contribution is 2.34. The van der Waals surface area contributed by atoms with E-state index in [4.69, 9.17) is 0 Å². The Labute approximate surface area is 81.4 Å². The van der Waals surface area contributed by atoms with Gasteiger partial charge in [0.05, 0.1) is 3.92 Å². The highest BCUT2D eigenvalue weighted by atomic mass is 127. The van der Waals surface area contributed by atoms with E-state index in [0.29, 0.717) is 3.92 Å². The van der Waals surface area contributed by atoms with Crippen LogP contribution >= 0.6 is 22.6 Å². The SMILES string of the molecule is CNC.IC1C2=CC=C1C=C2. The zero-order valence-corrected chi connectivity index (χ0v) is 8.92. The molecule has 0 aromatic rings. The molecule has 1 N–H and O–H groups in total. The molecule has 2 aliphatic carbocycles. The Hall–Kier alpha value is -0.0900. The molecule has 0 atom stereocenters. The normalized spacial score (nSPS) is 19.2. The second kappa shape index (κ2) is 4.07. The molecule has 0 radical (unpaired) electrons. The molecule has 2 bridgehead atoms. The van der Waals surface area contributed by atoms with Crippen molar-refractivity contribution in [1.29, 1.82) is 0 Å². The summed E-state index contributed by atoms with van der Waals surface area (Å²) in [6, 6.07) is 0. The molecule has 2 rings (SSSR count). The average Bonchev–Trinajstić information content (AvgIpc) is 2.51. The van der Waals surface area contributed by atoms with E-state index < -0.39 is 0 Å². The highest BCUT2D eigenvalue weighted by Gasteiger charge is 2.20. The first kappa shape index (κ1) is 9.00. The van der Waals surface area contributed by atoms with Crippen molar-refractivity contribution in [3.8, 4) is 0 Å². The lowest BCUT2D eigenvalue weighted by Crippen LogP contribution is -1.89.